The van der Waals surface area contributed by atoms with E-state index in [4.69, 9.17) is 23.2 Å². The van der Waals surface area contributed by atoms with Crippen molar-refractivity contribution in [1.82, 2.24) is 9.78 Å². The highest BCUT2D eigenvalue weighted by Crippen LogP contribution is 2.11. The van der Waals surface area contributed by atoms with Gasteiger partial charge < -0.3 is 0 Å². The van der Waals surface area contributed by atoms with Crippen molar-refractivity contribution in [3.05, 3.63) is 26.6 Å². The fraction of sp³-hybridized carbons (Fsp3) is 0.375. The van der Waals surface area contributed by atoms with Gasteiger partial charge in [-0.2, -0.15) is 0 Å². The van der Waals surface area contributed by atoms with Crippen molar-refractivity contribution in [3.63, 3.8) is 0 Å². The molecule has 0 aliphatic rings. The number of aromatic nitrogens is 2. The van der Waals surface area contributed by atoms with E-state index in [0.717, 1.165) is 0 Å². The maximum absolute atomic E-state index is 11.3. The molecular formula is C8H10Cl2N2O. The van der Waals surface area contributed by atoms with Crippen LogP contribution in [0.4, 0.5) is 0 Å². The number of halogens is 2. The zero-order chi connectivity index (χ0) is 10.0. The quantitative estimate of drug-likeness (QED) is 0.818. The van der Waals surface area contributed by atoms with Gasteiger partial charge in [-0.15, -0.1) is 0 Å². The van der Waals surface area contributed by atoms with E-state index in [1.165, 1.54) is 16.8 Å². The number of rotatable bonds is 2. The Labute approximate surface area is 85.9 Å². The lowest BCUT2D eigenvalue weighted by molar-refractivity contribution is 0.516. The Balaban J connectivity index is 3.10. The van der Waals surface area contributed by atoms with Crippen molar-refractivity contribution < 1.29 is 0 Å². The summed E-state index contributed by atoms with van der Waals surface area (Å²) in [5, 5.41) is 2.87. The number of nitrogens with zero attached hydrogens (tertiary/aromatic N) is 1. The minimum atomic E-state index is -0.0872. The summed E-state index contributed by atoms with van der Waals surface area (Å²) in [4.78, 5) is 11.3. The monoisotopic (exact) mass is 220 g/mol. The fourth-order valence-corrected chi connectivity index (χ4v) is 1.24. The Morgan fingerprint density at radius 1 is 1.62 bits per heavy atom. The third-order valence-corrected chi connectivity index (χ3v) is 1.77. The molecule has 0 radical (unpaired) electrons. The van der Waals surface area contributed by atoms with Gasteiger partial charge in [0.2, 0.25) is 0 Å². The van der Waals surface area contributed by atoms with E-state index in [1.807, 2.05) is 13.8 Å². The molecule has 0 bridgehead atoms. The average Bonchev–Trinajstić information content (AvgIpc) is 2.29. The molecule has 0 spiro atoms. The van der Waals surface area contributed by atoms with E-state index in [2.05, 4.69) is 5.10 Å². The Bertz CT molecular complexity index is 372. The highest BCUT2D eigenvalue weighted by Gasteiger charge is 2.03. The summed E-state index contributed by atoms with van der Waals surface area (Å²) in [6, 6.07) is 1.55. The van der Waals surface area contributed by atoms with Crippen LogP contribution in [0.5, 0.6) is 0 Å². The van der Waals surface area contributed by atoms with Crippen molar-refractivity contribution >= 4 is 29.3 Å². The Hall–Kier alpha value is -0.670. The topological polar surface area (TPSA) is 37.8 Å². The zero-order valence-corrected chi connectivity index (χ0v) is 8.86. The van der Waals surface area contributed by atoms with Crippen LogP contribution in [-0.2, 0) is 0 Å². The maximum atomic E-state index is 11.3. The molecule has 72 valence electrons. The normalized spacial score (nSPS) is 10.5. The Morgan fingerprint density at radius 2 is 2.23 bits per heavy atom. The zero-order valence-electron chi connectivity index (χ0n) is 7.34. The first-order valence-electron chi connectivity index (χ1n) is 3.85. The molecule has 1 N–H and O–H groups in total. The van der Waals surface area contributed by atoms with Crippen LogP contribution in [0, 0.1) is 0 Å². The summed E-state index contributed by atoms with van der Waals surface area (Å²) >= 11 is 10.9. The van der Waals surface area contributed by atoms with Crippen LogP contribution in [0.25, 0.3) is 6.08 Å². The molecular weight excluding hydrogens is 211 g/mol. The molecule has 0 saturated heterocycles. The number of hydrogen-bond donors (Lipinski definition) is 1. The third kappa shape index (κ3) is 2.64. The summed E-state index contributed by atoms with van der Waals surface area (Å²) in [5.41, 5.74) is 0.523. The summed E-state index contributed by atoms with van der Waals surface area (Å²) in [7, 11) is 0. The van der Waals surface area contributed by atoms with Crippen LogP contribution in [0.2, 0.25) is 0 Å². The molecule has 5 heteroatoms. The molecule has 0 amide bonds. The third-order valence-electron chi connectivity index (χ3n) is 1.55. The van der Waals surface area contributed by atoms with E-state index in [-0.39, 0.29) is 16.1 Å². The van der Waals surface area contributed by atoms with E-state index < -0.39 is 0 Å². The SMILES string of the molecule is CC(C)n1[nH]c(C=C(Cl)Cl)cc1=O. The highest BCUT2D eigenvalue weighted by atomic mass is 35.5. The van der Waals surface area contributed by atoms with Gasteiger partial charge in [-0.3, -0.25) is 14.6 Å². The largest absolute Gasteiger partial charge is 0.295 e. The molecule has 0 atom stereocenters. The van der Waals surface area contributed by atoms with Crippen LogP contribution >= 0.6 is 23.2 Å². The molecule has 0 fully saturated rings. The lowest BCUT2D eigenvalue weighted by atomic mass is 10.4. The predicted octanol–water partition coefficient (Wildman–Crippen LogP) is 2.53. The minimum Gasteiger partial charge on any atom is -0.295 e. The fourth-order valence-electron chi connectivity index (χ4n) is 1.00. The maximum Gasteiger partial charge on any atom is 0.267 e. The van der Waals surface area contributed by atoms with E-state index in [0.29, 0.717) is 5.69 Å². The number of H-pyrrole nitrogens is 1. The lowest BCUT2D eigenvalue weighted by Crippen LogP contribution is -2.17. The second kappa shape index (κ2) is 4.03. The number of aromatic amines is 1. The molecule has 0 unspecified atom stereocenters. The van der Waals surface area contributed by atoms with E-state index in [9.17, 15) is 4.79 Å². The van der Waals surface area contributed by atoms with Crippen LogP contribution in [0.3, 0.4) is 0 Å². The smallest absolute Gasteiger partial charge is 0.267 e. The Kier molecular flexibility index (Phi) is 3.22. The van der Waals surface area contributed by atoms with Gasteiger partial charge in [-0.1, -0.05) is 23.2 Å². The van der Waals surface area contributed by atoms with Gasteiger partial charge >= 0.3 is 0 Å². The first-order valence-corrected chi connectivity index (χ1v) is 4.60. The van der Waals surface area contributed by atoms with Gasteiger partial charge in [0, 0.05) is 12.1 Å². The van der Waals surface area contributed by atoms with Crippen molar-refractivity contribution in [2.45, 2.75) is 19.9 Å². The lowest BCUT2D eigenvalue weighted by Gasteiger charge is -2.03. The van der Waals surface area contributed by atoms with Gasteiger partial charge in [0.05, 0.1) is 5.69 Å². The standard InChI is InChI=1S/C8H10Cl2N2O/c1-5(2)12-8(13)4-6(11-12)3-7(9)10/h3-5,11H,1-2H3. The number of nitrogens with one attached hydrogen (secondary N) is 1. The van der Waals surface area contributed by atoms with Gasteiger partial charge in [-0.25, -0.2) is 0 Å². The summed E-state index contributed by atoms with van der Waals surface area (Å²) in [6.45, 7) is 3.82. The second-order valence-corrected chi connectivity index (χ2v) is 3.96. The van der Waals surface area contributed by atoms with Gasteiger partial charge in [0.1, 0.15) is 4.49 Å². The molecule has 1 aromatic rings. The molecule has 1 aromatic heterocycles. The summed E-state index contributed by atoms with van der Waals surface area (Å²) in [6.07, 6.45) is 1.49. The summed E-state index contributed by atoms with van der Waals surface area (Å²) < 4.78 is 1.62. The van der Waals surface area contributed by atoms with E-state index >= 15 is 0 Å². The molecule has 0 aromatic carbocycles. The molecule has 3 nitrogen and oxygen atoms in total. The van der Waals surface area contributed by atoms with E-state index in [1.54, 1.807) is 0 Å². The van der Waals surface area contributed by atoms with Crippen LogP contribution in [0.15, 0.2) is 15.4 Å². The average molecular weight is 221 g/mol. The molecule has 0 aliphatic carbocycles. The van der Waals surface area contributed by atoms with Crippen LogP contribution in [0.1, 0.15) is 25.6 Å². The first kappa shape index (κ1) is 10.4. The second-order valence-electron chi connectivity index (χ2n) is 2.95. The molecule has 1 rings (SSSR count). The molecule has 13 heavy (non-hydrogen) atoms. The number of hydrogen-bond acceptors (Lipinski definition) is 1. The molecule has 0 aliphatic heterocycles. The molecule has 0 saturated carbocycles. The van der Waals surface area contributed by atoms with Crippen molar-refractivity contribution in [2.75, 3.05) is 0 Å². The van der Waals surface area contributed by atoms with Crippen molar-refractivity contribution in [3.8, 4) is 0 Å². The summed E-state index contributed by atoms with van der Waals surface area (Å²) in [5.74, 6) is 0. The van der Waals surface area contributed by atoms with Crippen LogP contribution in [-0.4, -0.2) is 9.78 Å². The van der Waals surface area contributed by atoms with Crippen molar-refractivity contribution in [1.29, 1.82) is 0 Å². The van der Waals surface area contributed by atoms with Crippen LogP contribution < -0.4 is 5.56 Å². The van der Waals surface area contributed by atoms with Crippen molar-refractivity contribution in [2.24, 2.45) is 0 Å². The predicted molar refractivity (Wildman–Crippen MR) is 55.1 cm³/mol. The Morgan fingerprint density at radius 3 is 2.62 bits per heavy atom. The highest BCUT2D eigenvalue weighted by molar-refractivity contribution is 6.57. The van der Waals surface area contributed by atoms with Gasteiger partial charge in [0.15, 0.2) is 0 Å². The minimum absolute atomic E-state index is 0.0872. The van der Waals surface area contributed by atoms with Gasteiger partial charge in [-0.05, 0) is 19.9 Å². The molecule has 1 heterocycles. The first-order chi connectivity index (χ1) is 6.00. The van der Waals surface area contributed by atoms with Gasteiger partial charge in [0.25, 0.3) is 5.56 Å².